The molecular weight excluding hydrogens is 302 g/mol. The molecule has 19 heavy (non-hydrogen) atoms. The highest BCUT2D eigenvalue weighted by molar-refractivity contribution is 9.10. The van der Waals surface area contributed by atoms with Crippen LogP contribution in [-0.2, 0) is 19.4 Å². The zero-order valence-corrected chi connectivity index (χ0v) is 13.7. The second-order valence-electron chi connectivity index (χ2n) is 5.85. The Morgan fingerprint density at radius 2 is 2.11 bits per heavy atom. The second kappa shape index (κ2) is 6.38. The molecule has 0 fully saturated rings. The third-order valence-corrected chi connectivity index (χ3v) is 4.53. The molecule has 1 aliphatic rings. The molecule has 1 aliphatic heterocycles. The monoisotopic (exact) mass is 325 g/mol. The first kappa shape index (κ1) is 15.0. The van der Waals surface area contributed by atoms with E-state index < -0.39 is 0 Å². The van der Waals surface area contributed by atoms with E-state index >= 15 is 0 Å². The number of nitrogens with zero attached hydrogens (tertiary/aromatic N) is 1. The fraction of sp³-hybridized carbons (Fsp3) is 0.625. The first-order valence-corrected chi connectivity index (χ1v) is 8.01. The van der Waals surface area contributed by atoms with Crippen molar-refractivity contribution in [2.45, 2.75) is 46.3 Å². The number of aliphatic hydroxyl groups is 1. The molecule has 1 N–H and O–H groups in total. The van der Waals surface area contributed by atoms with Crippen molar-refractivity contribution in [3.63, 3.8) is 0 Å². The maximum Gasteiger partial charge on any atom is 0.0690 e. The highest BCUT2D eigenvalue weighted by atomic mass is 79.9. The summed E-state index contributed by atoms with van der Waals surface area (Å²) in [6, 6.07) is 4.49. The van der Waals surface area contributed by atoms with Gasteiger partial charge in [-0.1, -0.05) is 36.7 Å². The summed E-state index contributed by atoms with van der Waals surface area (Å²) in [5, 5.41) is 10.0. The van der Waals surface area contributed by atoms with Crippen LogP contribution in [0.3, 0.4) is 0 Å². The summed E-state index contributed by atoms with van der Waals surface area (Å²) in [5.74, 6) is 0.331. The lowest BCUT2D eigenvalue weighted by atomic mass is 9.93. The Bertz CT molecular complexity index is 427. The molecule has 0 amide bonds. The van der Waals surface area contributed by atoms with E-state index in [2.05, 4.69) is 53.7 Å². The molecule has 0 aliphatic carbocycles. The van der Waals surface area contributed by atoms with Gasteiger partial charge in [0.1, 0.15) is 0 Å². The van der Waals surface area contributed by atoms with E-state index in [1.165, 1.54) is 21.2 Å². The van der Waals surface area contributed by atoms with E-state index in [1.54, 1.807) is 0 Å². The van der Waals surface area contributed by atoms with Gasteiger partial charge in [-0.25, -0.2) is 0 Å². The molecule has 1 heterocycles. The minimum absolute atomic E-state index is 0.220. The summed E-state index contributed by atoms with van der Waals surface area (Å²) in [7, 11) is 0. The van der Waals surface area contributed by atoms with Crippen LogP contribution in [0.4, 0.5) is 0 Å². The molecule has 1 unspecified atom stereocenters. The van der Waals surface area contributed by atoms with Crippen LogP contribution < -0.4 is 0 Å². The molecule has 0 radical (unpaired) electrons. The van der Waals surface area contributed by atoms with Crippen LogP contribution in [0.1, 0.15) is 37.5 Å². The van der Waals surface area contributed by atoms with E-state index in [0.717, 1.165) is 32.5 Å². The van der Waals surface area contributed by atoms with Crippen molar-refractivity contribution in [3.8, 4) is 0 Å². The Labute approximate surface area is 124 Å². The van der Waals surface area contributed by atoms with Crippen LogP contribution in [0, 0.1) is 5.92 Å². The van der Waals surface area contributed by atoms with E-state index in [9.17, 15) is 5.11 Å². The Morgan fingerprint density at radius 3 is 2.74 bits per heavy atom. The van der Waals surface area contributed by atoms with Crippen LogP contribution in [0.5, 0.6) is 0 Å². The Balaban J connectivity index is 2.14. The Hall–Kier alpha value is -0.380. The lowest BCUT2D eigenvalue weighted by Gasteiger charge is -2.32. The number of rotatable bonds is 4. The molecule has 2 nitrogen and oxygen atoms in total. The fourth-order valence-corrected chi connectivity index (χ4v) is 3.26. The van der Waals surface area contributed by atoms with Crippen LogP contribution in [0.2, 0.25) is 0 Å². The highest BCUT2D eigenvalue weighted by Gasteiger charge is 2.22. The number of hydrogen-bond acceptors (Lipinski definition) is 2. The lowest BCUT2D eigenvalue weighted by Crippen LogP contribution is -2.38. The average molecular weight is 326 g/mol. The van der Waals surface area contributed by atoms with Crippen molar-refractivity contribution in [1.29, 1.82) is 0 Å². The number of halogens is 1. The van der Waals surface area contributed by atoms with Crippen LogP contribution in [-0.4, -0.2) is 29.2 Å². The molecule has 0 bridgehead atoms. The van der Waals surface area contributed by atoms with Crippen LogP contribution in [0.25, 0.3) is 0 Å². The largest absolute Gasteiger partial charge is 0.392 e. The van der Waals surface area contributed by atoms with Gasteiger partial charge in [-0.2, -0.15) is 0 Å². The van der Waals surface area contributed by atoms with Crippen LogP contribution in [0.15, 0.2) is 16.6 Å². The van der Waals surface area contributed by atoms with Gasteiger partial charge in [0, 0.05) is 24.1 Å². The summed E-state index contributed by atoms with van der Waals surface area (Å²) < 4.78 is 1.19. The van der Waals surface area contributed by atoms with E-state index in [0.29, 0.717) is 5.92 Å². The minimum atomic E-state index is -0.220. The molecule has 1 aromatic rings. The van der Waals surface area contributed by atoms with Gasteiger partial charge in [-0.05, 0) is 47.6 Å². The summed E-state index contributed by atoms with van der Waals surface area (Å²) in [4.78, 5) is 2.39. The molecule has 0 spiro atoms. The summed E-state index contributed by atoms with van der Waals surface area (Å²) >= 11 is 3.60. The zero-order valence-electron chi connectivity index (χ0n) is 12.1. The van der Waals surface area contributed by atoms with Gasteiger partial charge in [-0.3, -0.25) is 4.90 Å². The summed E-state index contributed by atoms with van der Waals surface area (Å²) in [6.45, 7) is 9.19. The summed E-state index contributed by atoms with van der Waals surface area (Å²) in [5.41, 5.74) is 4.39. The van der Waals surface area contributed by atoms with Crippen molar-refractivity contribution in [3.05, 3.63) is 33.3 Å². The number of aliphatic hydroxyl groups excluding tert-OH is 1. The van der Waals surface area contributed by atoms with Gasteiger partial charge in [0.05, 0.1) is 6.10 Å². The molecular formula is C16H24BrNO. The van der Waals surface area contributed by atoms with Crippen LogP contribution >= 0.6 is 15.9 Å². The highest BCUT2D eigenvalue weighted by Crippen LogP contribution is 2.27. The molecule has 3 heteroatoms. The van der Waals surface area contributed by atoms with E-state index in [-0.39, 0.29) is 6.10 Å². The number of aryl methyl sites for hydroxylation is 1. The first-order chi connectivity index (χ1) is 9.01. The minimum Gasteiger partial charge on any atom is -0.392 e. The summed E-state index contributed by atoms with van der Waals surface area (Å²) in [6.07, 6.45) is 1.94. The van der Waals surface area contributed by atoms with E-state index in [1.807, 2.05) is 0 Å². The molecule has 1 aromatic carbocycles. The van der Waals surface area contributed by atoms with Crippen molar-refractivity contribution in [2.24, 2.45) is 5.92 Å². The SMILES string of the molecule is CCc1cc(Br)cc2c1CN(CC(O)C(C)C)CC2. The van der Waals surface area contributed by atoms with Gasteiger partial charge >= 0.3 is 0 Å². The second-order valence-corrected chi connectivity index (χ2v) is 6.77. The van der Waals surface area contributed by atoms with Gasteiger partial charge in [-0.15, -0.1) is 0 Å². The maximum atomic E-state index is 10.0. The van der Waals surface area contributed by atoms with Crippen molar-refractivity contribution < 1.29 is 5.11 Å². The van der Waals surface area contributed by atoms with E-state index in [4.69, 9.17) is 0 Å². The van der Waals surface area contributed by atoms with Crippen molar-refractivity contribution in [2.75, 3.05) is 13.1 Å². The third-order valence-electron chi connectivity index (χ3n) is 4.07. The van der Waals surface area contributed by atoms with Gasteiger partial charge in [0.2, 0.25) is 0 Å². The van der Waals surface area contributed by atoms with Crippen molar-refractivity contribution >= 4 is 15.9 Å². The fourth-order valence-electron chi connectivity index (χ4n) is 2.71. The zero-order chi connectivity index (χ0) is 14.0. The molecule has 0 saturated carbocycles. The quantitative estimate of drug-likeness (QED) is 0.917. The normalized spacial score (nSPS) is 17.6. The topological polar surface area (TPSA) is 23.5 Å². The van der Waals surface area contributed by atoms with Gasteiger partial charge in [0.15, 0.2) is 0 Å². The molecule has 0 saturated heterocycles. The predicted octanol–water partition coefficient (Wildman–Crippen LogP) is 3.39. The Morgan fingerprint density at radius 1 is 1.37 bits per heavy atom. The smallest absolute Gasteiger partial charge is 0.0690 e. The average Bonchev–Trinajstić information content (AvgIpc) is 2.37. The predicted molar refractivity (Wildman–Crippen MR) is 83.3 cm³/mol. The maximum absolute atomic E-state index is 10.0. The Kier molecular flexibility index (Phi) is 5.04. The standard InChI is InChI=1S/C16H24BrNO/c1-4-12-7-14(17)8-13-5-6-18(9-15(12)13)10-16(19)11(2)3/h7-8,11,16,19H,4-6,9-10H2,1-3H3. The number of hydrogen-bond donors (Lipinski definition) is 1. The first-order valence-electron chi connectivity index (χ1n) is 7.21. The number of benzene rings is 1. The molecule has 106 valence electrons. The van der Waals surface area contributed by atoms with Gasteiger partial charge in [0.25, 0.3) is 0 Å². The lowest BCUT2D eigenvalue weighted by molar-refractivity contribution is 0.0708. The number of β-amino-alcohol motifs (C(OH)–C–C–N with tert-alkyl or cyclic N) is 1. The molecule has 0 aromatic heterocycles. The van der Waals surface area contributed by atoms with Gasteiger partial charge < -0.3 is 5.11 Å². The van der Waals surface area contributed by atoms with Crippen molar-refractivity contribution in [1.82, 2.24) is 4.90 Å². The third kappa shape index (κ3) is 3.59. The molecule has 2 rings (SSSR count). The number of fused-ring (bicyclic) bond motifs is 1. The molecule has 1 atom stereocenters.